The number of nitrogens with one attached hydrogen (secondary N) is 1. The van der Waals surface area contributed by atoms with Gasteiger partial charge in [0.15, 0.2) is 0 Å². The number of fused-ring (bicyclic) bond motifs is 1. The lowest BCUT2D eigenvalue weighted by atomic mass is 10.1. The molecule has 9 heteroatoms. The summed E-state index contributed by atoms with van der Waals surface area (Å²) in [4.78, 5) is 24.6. The van der Waals surface area contributed by atoms with E-state index in [9.17, 15) is 14.9 Å². The van der Waals surface area contributed by atoms with Gasteiger partial charge in [-0.25, -0.2) is 0 Å². The van der Waals surface area contributed by atoms with Crippen molar-refractivity contribution >= 4 is 39.9 Å². The van der Waals surface area contributed by atoms with Crippen molar-refractivity contribution < 1.29 is 9.72 Å². The third-order valence-electron chi connectivity index (χ3n) is 4.36. The van der Waals surface area contributed by atoms with Gasteiger partial charge in [-0.1, -0.05) is 17.7 Å². The van der Waals surface area contributed by atoms with Crippen molar-refractivity contribution in [1.29, 1.82) is 0 Å². The number of nitro groups is 1. The van der Waals surface area contributed by atoms with Crippen LogP contribution in [-0.4, -0.2) is 25.8 Å². The molecule has 1 aromatic heterocycles. The second-order valence-electron chi connectivity index (χ2n) is 6.38. The van der Waals surface area contributed by atoms with Crippen LogP contribution in [0, 0.1) is 17.0 Å². The normalized spacial score (nSPS) is 10.8. The molecule has 0 aliphatic carbocycles. The van der Waals surface area contributed by atoms with Gasteiger partial charge in [0.1, 0.15) is 11.0 Å². The summed E-state index contributed by atoms with van der Waals surface area (Å²) >= 11 is 5.91. The molecule has 0 radical (unpaired) electrons. The van der Waals surface area contributed by atoms with E-state index in [1.165, 1.54) is 10.9 Å². The number of carbonyl (C=O) groups is 1. The Morgan fingerprint density at radius 1 is 1.03 bits per heavy atom. The van der Waals surface area contributed by atoms with Gasteiger partial charge in [-0.05, 0) is 55.5 Å². The van der Waals surface area contributed by atoms with Gasteiger partial charge in [-0.15, -0.1) is 10.2 Å². The topological polar surface area (TPSA) is 103 Å². The van der Waals surface area contributed by atoms with Gasteiger partial charge in [0, 0.05) is 27.9 Å². The maximum absolute atomic E-state index is 12.5. The molecular formula is C20H14ClN5O3. The van der Waals surface area contributed by atoms with E-state index in [4.69, 9.17) is 11.6 Å². The van der Waals surface area contributed by atoms with E-state index in [0.29, 0.717) is 27.3 Å². The van der Waals surface area contributed by atoms with E-state index in [0.717, 1.165) is 5.69 Å². The van der Waals surface area contributed by atoms with Crippen molar-refractivity contribution in [2.75, 3.05) is 5.32 Å². The standard InChI is InChI=1S/C20H14ClN5O3/c1-12-2-3-13(10-19(12)26(28)29)20(27)22-15-6-9-17-18(11-15)24-25(23-17)16-7-4-14(21)5-8-16/h2-11H,1H3,(H,22,27). The Balaban J connectivity index is 1.60. The highest BCUT2D eigenvalue weighted by atomic mass is 35.5. The average molecular weight is 408 g/mol. The highest BCUT2D eigenvalue weighted by Crippen LogP contribution is 2.22. The molecule has 8 nitrogen and oxygen atoms in total. The summed E-state index contributed by atoms with van der Waals surface area (Å²) in [5.74, 6) is -0.447. The molecule has 4 rings (SSSR count). The molecule has 0 bridgehead atoms. The molecule has 0 saturated heterocycles. The van der Waals surface area contributed by atoms with Gasteiger partial charge in [0.25, 0.3) is 11.6 Å². The van der Waals surface area contributed by atoms with E-state index in [1.54, 1.807) is 61.5 Å². The van der Waals surface area contributed by atoms with E-state index in [1.807, 2.05) is 0 Å². The molecule has 4 aromatic rings. The maximum atomic E-state index is 12.5. The highest BCUT2D eigenvalue weighted by Gasteiger charge is 2.15. The Morgan fingerprint density at radius 3 is 2.48 bits per heavy atom. The number of benzene rings is 3. The summed E-state index contributed by atoms with van der Waals surface area (Å²) in [6.07, 6.45) is 0. The summed E-state index contributed by atoms with van der Waals surface area (Å²) in [5.41, 5.74) is 3.10. The Bertz CT molecular complexity index is 1250. The molecule has 0 aliphatic heterocycles. The van der Waals surface area contributed by atoms with Crippen molar-refractivity contribution in [2.45, 2.75) is 6.92 Å². The molecule has 3 aromatic carbocycles. The monoisotopic (exact) mass is 407 g/mol. The van der Waals surface area contributed by atoms with Gasteiger partial charge < -0.3 is 5.32 Å². The SMILES string of the molecule is Cc1ccc(C(=O)Nc2ccc3nn(-c4ccc(Cl)cc4)nc3c2)cc1[N+](=O)[O-]. The second kappa shape index (κ2) is 7.33. The zero-order valence-corrected chi connectivity index (χ0v) is 15.9. The summed E-state index contributed by atoms with van der Waals surface area (Å²) < 4.78 is 0. The summed E-state index contributed by atoms with van der Waals surface area (Å²) in [5, 5.41) is 23.3. The number of anilines is 1. The first kappa shape index (κ1) is 18.6. The molecular weight excluding hydrogens is 394 g/mol. The molecule has 1 heterocycles. The fraction of sp³-hybridized carbons (Fsp3) is 0.0500. The smallest absolute Gasteiger partial charge is 0.273 e. The lowest BCUT2D eigenvalue weighted by molar-refractivity contribution is -0.385. The largest absolute Gasteiger partial charge is 0.322 e. The van der Waals surface area contributed by atoms with E-state index >= 15 is 0 Å². The van der Waals surface area contributed by atoms with Crippen molar-refractivity contribution in [3.63, 3.8) is 0 Å². The fourth-order valence-electron chi connectivity index (χ4n) is 2.83. The molecule has 0 saturated carbocycles. The number of hydrogen-bond donors (Lipinski definition) is 1. The molecule has 0 fully saturated rings. The average Bonchev–Trinajstić information content (AvgIpc) is 3.12. The van der Waals surface area contributed by atoms with Gasteiger partial charge in [-0.3, -0.25) is 14.9 Å². The number of rotatable bonds is 4. The van der Waals surface area contributed by atoms with Crippen LogP contribution in [0.25, 0.3) is 16.7 Å². The lowest BCUT2D eigenvalue weighted by Gasteiger charge is -2.06. The van der Waals surface area contributed by atoms with Crippen LogP contribution in [0.5, 0.6) is 0 Å². The number of nitrogens with zero attached hydrogens (tertiary/aromatic N) is 4. The van der Waals surface area contributed by atoms with Gasteiger partial charge in [-0.2, -0.15) is 4.80 Å². The highest BCUT2D eigenvalue weighted by molar-refractivity contribution is 6.30. The lowest BCUT2D eigenvalue weighted by Crippen LogP contribution is -2.12. The zero-order valence-electron chi connectivity index (χ0n) is 15.2. The Kier molecular flexibility index (Phi) is 4.69. The molecule has 0 aliphatic rings. The van der Waals surface area contributed by atoms with Crippen molar-refractivity contribution in [3.8, 4) is 5.69 Å². The molecule has 29 heavy (non-hydrogen) atoms. The number of carbonyl (C=O) groups excluding carboxylic acids is 1. The first-order valence-corrected chi connectivity index (χ1v) is 8.98. The predicted octanol–water partition coefficient (Wildman–Crippen LogP) is 4.54. The van der Waals surface area contributed by atoms with E-state index < -0.39 is 10.8 Å². The van der Waals surface area contributed by atoms with E-state index in [2.05, 4.69) is 15.5 Å². The molecule has 0 unspecified atom stereocenters. The van der Waals surface area contributed by atoms with Crippen LogP contribution in [0.15, 0.2) is 60.7 Å². The minimum absolute atomic E-state index is 0.0981. The Hall–Kier alpha value is -3.78. The number of amides is 1. The molecule has 144 valence electrons. The summed E-state index contributed by atoms with van der Waals surface area (Å²) in [6, 6.07) is 16.6. The summed E-state index contributed by atoms with van der Waals surface area (Å²) in [6.45, 7) is 1.62. The van der Waals surface area contributed by atoms with Crippen LogP contribution in [0.4, 0.5) is 11.4 Å². The van der Waals surface area contributed by atoms with E-state index in [-0.39, 0.29) is 11.3 Å². The number of nitro benzene ring substituents is 1. The summed E-state index contributed by atoms with van der Waals surface area (Å²) in [7, 11) is 0. The molecule has 1 amide bonds. The van der Waals surface area contributed by atoms with Crippen molar-refractivity contribution in [1.82, 2.24) is 15.0 Å². The van der Waals surface area contributed by atoms with Crippen LogP contribution < -0.4 is 5.32 Å². The van der Waals surface area contributed by atoms with Gasteiger partial charge in [0.2, 0.25) is 0 Å². The number of hydrogen-bond acceptors (Lipinski definition) is 5. The Morgan fingerprint density at radius 2 is 1.76 bits per heavy atom. The maximum Gasteiger partial charge on any atom is 0.273 e. The van der Waals surface area contributed by atoms with Gasteiger partial charge in [0.05, 0.1) is 10.6 Å². The van der Waals surface area contributed by atoms with Crippen LogP contribution in [0.2, 0.25) is 5.02 Å². The number of aryl methyl sites for hydroxylation is 1. The third kappa shape index (κ3) is 3.78. The second-order valence-corrected chi connectivity index (χ2v) is 6.82. The molecule has 0 spiro atoms. The predicted molar refractivity (Wildman–Crippen MR) is 110 cm³/mol. The third-order valence-corrected chi connectivity index (χ3v) is 4.62. The molecule has 0 atom stereocenters. The Labute approximate surface area is 169 Å². The fourth-order valence-corrected chi connectivity index (χ4v) is 2.96. The van der Waals surface area contributed by atoms with Crippen LogP contribution in [0.1, 0.15) is 15.9 Å². The first-order valence-electron chi connectivity index (χ1n) is 8.60. The van der Waals surface area contributed by atoms with Crippen LogP contribution in [-0.2, 0) is 0 Å². The number of aromatic nitrogens is 3. The quantitative estimate of drug-likeness (QED) is 0.395. The number of halogens is 1. The molecule has 1 N–H and O–H groups in total. The first-order chi connectivity index (χ1) is 13.9. The van der Waals surface area contributed by atoms with Gasteiger partial charge >= 0.3 is 0 Å². The van der Waals surface area contributed by atoms with Crippen molar-refractivity contribution in [3.05, 3.63) is 86.9 Å². The van der Waals surface area contributed by atoms with Crippen LogP contribution in [0.3, 0.4) is 0 Å². The van der Waals surface area contributed by atoms with Crippen LogP contribution >= 0.6 is 11.6 Å². The minimum atomic E-state index is -0.507. The zero-order chi connectivity index (χ0) is 20.5. The minimum Gasteiger partial charge on any atom is -0.322 e. The van der Waals surface area contributed by atoms with Crippen molar-refractivity contribution in [2.24, 2.45) is 0 Å².